The monoisotopic (exact) mass is 1630 g/mol. The number of nitrogens with one attached hydrogen (secondary N) is 4. The molecule has 6 aromatic carbocycles. The van der Waals surface area contributed by atoms with E-state index in [1.165, 1.54) is 64.2 Å². The van der Waals surface area contributed by atoms with E-state index in [2.05, 4.69) is 250 Å². The van der Waals surface area contributed by atoms with Gasteiger partial charge in [-0.15, -0.1) is 0 Å². The van der Waals surface area contributed by atoms with Gasteiger partial charge in [-0.2, -0.15) is 20.8 Å². The smallest absolute Gasteiger partial charge is 0.0456 e. The predicted octanol–water partition coefficient (Wildman–Crippen LogP) is 35.3. The molecule has 112 heavy (non-hydrogen) atoms. The fraction of sp³-hybridized carbons (Fsp3) is 0.510. The molecule has 10 rings (SSSR count). The van der Waals surface area contributed by atoms with Gasteiger partial charge in [0.1, 0.15) is 0 Å². The Bertz CT molecular complexity index is 2480. The Labute approximate surface area is 731 Å². The second kappa shape index (κ2) is 140. The maximum absolute atomic E-state index is 3.78. The van der Waals surface area contributed by atoms with E-state index in [-0.39, 0.29) is 69.8 Å². The number of aromatic nitrogens is 5. The molecule has 1 unspecified atom stereocenters. The Morgan fingerprint density at radius 2 is 0.571 bits per heavy atom. The van der Waals surface area contributed by atoms with Crippen molar-refractivity contribution < 1.29 is 32.7 Å². The Kier molecular flexibility index (Phi) is 188. The van der Waals surface area contributed by atoms with Crippen LogP contribution in [-0.2, 0) is 39.1 Å². The number of rotatable bonds is 9. The zero-order chi connectivity index (χ0) is 84.3. The summed E-state index contributed by atoms with van der Waals surface area (Å²) in [6, 6.07) is 70.6. The van der Waals surface area contributed by atoms with Crippen LogP contribution in [0.5, 0.6) is 0 Å². The van der Waals surface area contributed by atoms with Crippen LogP contribution < -0.4 is 10.6 Å². The normalized spacial score (nSPS) is 8.18. The van der Waals surface area contributed by atoms with Crippen molar-refractivity contribution >= 4 is 21.8 Å². The summed E-state index contributed by atoms with van der Waals surface area (Å²) in [5.41, 5.74) is 6.46. The van der Waals surface area contributed by atoms with E-state index in [4.69, 9.17) is 0 Å². The Balaban J connectivity index is -0.0000000532. The van der Waals surface area contributed by atoms with E-state index in [1.54, 1.807) is 44.1 Å². The number of benzene rings is 6. The third-order valence-electron chi connectivity index (χ3n) is 12.7. The molecule has 0 saturated heterocycles. The Morgan fingerprint density at radius 3 is 0.795 bits per heavy atom. The summed E-state index contributed by atoms with van der Waals surface area (Å²) >= 11 is 0. The van der Waals surface area contributed by atoms with E-state index in [9.17, 15) is 0 Å². The number of nitrogens with zero attached hydrogens (tertiary/aromatic N) is 3. The van der Waals surface area contributed by atoms with Crippen molar-refractivity contribution in [1.29, 1.82) is 0 Å². The van der Waals surface area contributed by atoms with Crippen molar-refractivity contribution in [3.63, 3.8) is 0 Å². The molecule has 0 bridgehead atoms. The van der Waals surface area contributed by atoms with Gasteiger partial charge in [-0.05, 0) is 103 Å². The molecule has 0 amide bonds. The van der Waals surface area contributed by atoms with Gasteiger partial charge in [0, 0.05) is 111 Å². The largest absolute Gasteiger partial charge is 0.361 e. The van der Waals surface area contributed by atoms with Gasteiger partial charge in [0.15, 0.2) is 0 Å². The molecular formula is C104H195N7Y-2. The Hall–Kier alpha value is -6.35. The Morgan fingerprint density at radius 1 is 0.339 bits per heavy atom. The minimum absolute atomic E-state index is 0. The van der Waals surface area contributed by atoms with Crippen molar-refractivity contribution in [1.82, 2.24) is 35.6 Å². The number of para-hydroxylation sites is 2. The van der Waals surface area contributed by atoms with Crippen molar-refractivity contribution in [2.24, 2.45) is 29.6 Å². The maximum Gasteiger partial charge on any atom is 0.0456 e. The average molecular weight is 1630 g/mol. The fourth-order valence-corrected chi connectivity index (χ4v) is 5.48. The molecule has 0 aliphatic rings. The molecule has 0 aliphatic carbocycles. The molecule has 0 aliphatic heterocycles. The van der Waals surface area contributed by atoms with Crippen LogP contribution >= 0.6 is 0 Å². The molecule has 0 fully saturated rings. The summed E-state index contributed by atoms with van der Waals surface area (Å²) in [7, 11) is 3.90. The molecule has 4 heterocycles. The van der Waals surface area contributed by atoms with Crippen molar-refractivity contribution in [3.05, 3.63) is 275 Å². The molecular weight excluding hydrogens is 1440 g/mol. The van der Waals surface area contributed by atoms with Gasteiger partial charge in [-0.1, -0.05) is 454 Å². The maximum atomic E-state index is 3.78. The number of aromatic amines is 2. The van der Waals surface area contributed by atoms with E-state index >= 15 is 0 Å². The van der Waals surface area contributed by atoms with Gasteiger partial charge >= 0.3 is 0 Å². The van der Waals surface area contributed by atoms with E-state index in [1.807, 2.05) is 267 Å². The second-order valence-electron chi connectivity index (χ2n) is 22.7. The first-order valence-corrected chi connectivity index (χ1v) is 40.9. The first kappa shape index (κ1) is 151. The molecule has 8 heteroatoms. The van der Waals surface area contributed by atoms with Crippen LogP contribution in [0.3, 0.4) is 0 Å². The van der Waals surface area contributed by atoms with Crippen LogP contribution in [0.2, 0.25) is 0 Å². The number of hydrogen-bond acceptors (Lipinski definition) is 5. The zero-order valence-corrected chi connectivity index (χ0v) is 79.7. The van der Waals surface area contributed by atoms with Gasteiger partial charge in [0.05, 0.1) is 0 Å². The standard InChI is InChI=1S/C14H19N.C12H10.C8H7N.2C6H6.C5H5N.3C5H12.C4H4N2.2C4H11N.C3H7.8C2H6.C2H5.5CH4.Y/c1-10(2)11(3)8-12-9-15-14-7-5-4-6-13(12)14;1-3-7-11(8-4-1)12-9-5-2-6-10-12;1-2-4-8-7(3-1)5-6-9-8;3*1-2-4-6-5-3-1;3*1-4-5(2)3;1-2-6-4-3-5-1;2*1-4(2)5-3;1-3-2;9*1-2;;;;;;/h4-7,9-11,15H,8H2,1-3H3;1-10H;1-6,9H;2*1-6H;1-5H;3*5H,4H2,1-3H3;1-4H;2*4-5H,1-3H3;3H,1-2H3;8*1-2H3;1H2,2H3;5*1H4;/q;;;;;;;;;;;;-1;;;;;;;;;-1;;;;;;. The van der Waals surface area contributed by atoms with E-state index in [0.717, 1.165) is 29.6 Å². The predicted molar refractivity (Wildman–Crippen MR) is 530 cm³/mol. The van der Waals surface area contributed by atoms with Gasteiger partial charge in [-0.25, -0.2) is 0 Å². The van der Waals surface area contributed by atoms with Gasteiger partial charge in [0.25, 0.3) is 0 Å². The molecule has 10 aromatic rings. The summed E-state index contributed by atoms with van der Waals surface area (Å²) in [4.78, 5) is 17.7. The summed E-state index contributed by atoms with van der Waals surface area (Å²) in [6.07, 6.45) is 21.2. The number of H-pyrrole nitrogens is 2. The van der Waals surface area contributed by atoms with E-state index < -0.39 is 0 Å². The molecule has 0 spiro atoms. The summed E-state index contributed by atoms with van der Waals surface area (Å²) in [5, 5.41) is 8.71. The van der Waals surface area contributed by atoms with Gasteiger partial charge < -0.3 is 33.9 Å². The van der Waals surface area contributed by atoms with Gasteiger partial charge in [-0.3, -0.25) is 15.0 Å². The topological polar surface area (TPSA) is 94.3 Å². The van der Waals surface area contributed by atoms with Crippen molar-refractivity contribution in [3.8, 4) is 11.1 Å². The number of pyridine rings is 1. The van der Waals surface area contributed by atoms with Crippen molar-refractivity contribution in [2.45, 2.75) is 317 Å². The van der Waals surface area contributed by atoms with Gasteiger partial charge in [0.2, 0.25) is 0 Å². The van der Waals surface area contributed by atoms with E-state index in [0.29, 0.717) is 12.1 Å². The molecule has 1 atom stereocenters. The van der Waals surface area contributed by atoms with Crippen LogP contribution in [0.4, 0.5) is 0 Å². The van der Waals surface area contributed by atoms with Crippen LogP contribution in [0.25, 0.3) is 32.9 Å². The zero-order valence-electron chi connectivity index (χ0n) is 76.8. The SMILES string of the molecule is C.C.C.C.C.CC.CC.CC.CC.CC.CC.CC.CC.CC(C)C(C)Cc1c[nH]c2ccccc12.CCC(C)C.CCC(C)C.CCC(C)C.CNC(C)C.CNC(C)C.C[CH-]C.[CH2-]C.[Y].c1ccc(-c2ccccc2)cc1.c1ccc2[nH]ccc2c1.c1ccccc1.c1ccccc1.c1ccncc1.c1cnccn1. The summed E-state index contributed by atoms with van der Waals surface area (Å²) in [5.74, 6) is 4.14. The molecule has 4 aromatic heterocycles. The quantitative estimate of drug-likeness (QED) is 0.108. The molecule has 1 radical (unpaired) electrons. The second-order valence-corrected chi connectivity index (χ2v) is 22.7. The third kappa shape index (κ3) is 127. The third-order valence-corrected chi connectivity index (χ3v) is 12.7. The first-order valence-electron chi connectivity index (χ1n) is 40.9. The minimum atomic E-state index is 0. The average Bonchev–Trinajstić information content (AvgIpc) is 1.66. The van der Waals surface area contributed by atoms with Crippen LogP contribution in [0.15, 0.2) is 256 Å². The van der Waals surface area contributed by atoms with Crippen LogP contribution in [0, 0.1) is 42.9 Å². The number of fused-ring (bicyclic) bond motifs is 2. The fourth-order valence-electron chi connectivity index (χ4n) is 5.48. The first-order chi connectivity index (χ1) is 51.4. The molecule has 0 saturated carbocycles. The van der Waals surface area contributed by atoms with Crippen LogP contribution in [-0.4, -0.2) is 51.1 Å². The van der Waals surface area contributed by atoms with Crippen LogP contribution in [0.1, 0.15) is 304 Å². The summed E-state index contributed by atoms with van der Waals surface area (Å²) < 4.78 is 0. The molecule has 651 valence electrons. The molecule has 7 nitrogen and oxygen atoms in total. The summed E-state index contributed by atoms with van der Waals surface area (Å²) in [6.45, 7) is 76.3. The van der Waals surface area contributed by atoms with Crippen molar-refractivity contribution in [2.75, 3.05) is 14.1 Å². The number of hydrogen-bond donors (Lipinski definition) is 4. The molecule has 4 N–H and O–H groups in total. The minimum Gasteiger partial charge on any atom is -0.361 e.